The van der Waals surface area contributed by atoms with Gasteiger partial charge in [-0.15, -0.1) is 0 Å². The highest BCUT2D eigenvalue weighted by Crippen LogP contribution is 2.27. The summed E-state index contributed by atoms with van der Waals surface area (Å²) in [6.45, 7) is 5.31. The van der Waals surface area contributed by atoms with Crippen LogP contribution in [-0.4, -0.2) is 49.3 Å². The van der Waals surface area contributed by atoms with Gasteiger partial charge in [0, 0.05) is 19.6 Å². The van der Waals surface area contributed by atoms with Gasteiger partial charge in [0.2, 0.25) is 0 Å². The molecule has 5 heteroatoms. The number of nitrogens with zero attached hydrogens (tertiary/aromatic N) is 2. The second-order valence-corrected chi connectivity index (χ2v) is 5.24. The number of ether oxygens (including phenoxy) is 2. The van der Waals surface area contributed by atoms with E-state index in [1.165, 1.54) is 4.70 Å². The number of hydrogen-bond acceptors (Lipinski definition) is 5. The molecule has 2 heterocycles. The first-order valence-corrected chi connectivity index (χ1v) is 7.02. The number of para-hydroxylation sites is 1. The fourth-order valence-corrected chi connectivity index (χ4v) is 2.84. The van der Waals surface area contributed by atoms with Gasteiger partial charge in [-0.25, -0.2) is 4.98 Å². The average Bonchev–Trinajstić information content (AvgIpc) is 2.82. The first kappa shape index (κ1) is 11.9. The minimum Gasteiger partial charge on any atom is -0.469 e. The van der Waals surface area contributed by atoms with Gasteiger partial charge in [0.1, 0.15) is 6.61 Å². The quantitative estimate of drug-likeness (QED) is 0.846. The van der Waals surface area contributed by atoms with Gasteiger partial charge in [-0.1, -0.05) is 23.5 Å². The Morgan fingerprint density at radius 2 is 2.11 bits per heavy atom. The predicted molar refractivity (Wildman–Crippen MR) is 72.4 cm³/mol. The molecule has 0 saturated carbocycles. The lowest BCUT2D eigenvalue weighted by Crippen LogP contribution is -2.38. The summed E-state index contributed by atoms with van der Waals surface area (Å²) in [5.74, 6) is 0. The van der Waals surface area contributed by atoms with Gasteiger partial charge in [-0.2, -0.15) is 0 Å². The zero-order valence-corrected chi connectivity index (χ0v) is 11.0. The van der Waals surface area contributed by atoms with E-state index in [9.17, 15) is 0 Å². The zero-order valence-electron chi connectivity index (χ0n) is 10.2. The van der Waals surface area contributed by atoms with Crippen molar-refractivity contribution < 1.29 is 9.47 Å². The second-order valence-electron chi connectivity index (χ2n) is 4.25. The molecule has 1 aliphatic rings. The number of thiazole rings is 1. The summed E-state index contributed by atoms with van der Waals surface area (Å²) in [5, 5.41) is 0.768. The molecule has 0 spiro atoms. The SMILES string of the molecule is c1ccc2sc(OCCN3CCOCC3)nc2c1. The zero-order chi connectivity index (χ0) is 12.2. The van der Waals surface area contributed by atoms with Crippen LogP contribution in [-0.2, 0) is 4.74 Å². The molecule has 0 unspecified atom stereocenters. The van der Waals surface area contributed by atoms with Crippen LogP contribution in [0.15, 0.2) is 24.3 Å². The number of hydrogen-bond donors (Lipinski definition) is 0. The number of benzene rings is 1. The molecule has 0 bridgehead atoms. The molecule has 0 N–H and O–H groups in total. The van der Waals surface area contributed by atoms with Crippen LogP contribution in [0, 0.1) is 0 Å². The molecule has 0 amide bonds. The van der Waals surface area contributed by atoms with Gasteiger partial charge in [0.15, 0.2) is 0 Å². The van der Waals surface area contributed by atoms with Gasteiger partial charge < -0.3 is 9.47 Å². The molecule has 1 fully saturated rings. The Balaban J connectivity index is 1.53. The fraction of sp³-hybridized carbons (Fsp3) is 0.462. The molecular formula is C13H16N2O2S. The van der Waals surface area contributed by atoms with Crippen molar-refractivity contribution in [3.8, 4) is 5.19 Å². The van der Waals surface area contributed by atoms with E-state index in [0.29, 0.717) is 6.61 Å². The summed E-state index contributed by atoms with van der Waals surface area (Å²) in [6.07, 6.45) is 0. The lowest BCUT2D eigenvalue weighted by molar-refractivity contribution is 0.0322. The van der Waals surface area contributed by atoms with E-state index in [0.717, 1.165) is 43.6 Å². The summed E-state index contributed by atoms with van der Waals surface area (Å²) >= 11 is 1.61. The van der Waals surface area contributed by atoms with Crippen molar-refractivity contribution in [2.45, 2.75) is 0 Å². The lowest BCUT2D eigenvalue weighted by atomic mass is 10.3. The predicted octanol–water partition coefficient (Wildman–Crippen LogP) is 2.01. The standard InChI is InChI=1S/C13H16N2O2S/c1-2-4-12-11(3-1)14-13(18-12)17-10-7-15-5-8-16-9-6-15/h1-4H,5-10H2. The van der Waals surface area contributed by atoms with Crippen LogP contribution in [0.2, 0.25) is 0 Å². The molecule has 1 aliphatic heterocycles. The number of morpholine rings is 1. The molecule has 2 aromatic rings. The average molecular weight is 264 g/mol. The molecule has 4 nitrogen and oxygen atoms in total. The summed E-state index contributed by atoms with van der Waals surface area (Å²) in [5.41, 5.74) is 1.02. The van der Waals surface area contributed by atoms with Crippen LogP contribution in [0.25, 0.3) is 10.2 Å². The molecule has 96 valence electrons. The number of rotatable bonds is 4. The normalized spacial score (nSPS) is 17.1. The van der Waals surface area contributed by atoms with Gasteiger partial charge in [-0.05, 0) is 12.1 Å². The maximum absolute atomic E-state index is 5.72. The lowest BCUT2D eigenvalue weighted by Gasteiger charge is -2.26. The smallest absolute Gasteiger partial charge is 0.274 e. The molecule has 1 saturated heterocycles. The highest BCUT2D eigenvalue weighted by Gasteiger charge is 2.10. The van der Waals surface area contributed by atoms with E-state index in [4.69, 9.17) is 9.47 Å². The number of aromatic nitrogens is 1. The Kier molecular flexibility index (Phi) is 3.73. The Labute approximate surface area is 110 Å². The summed E-state index contributed by atoms with van der Waals surface area (Å²) in [7, 11) is 0. The number of fused-ring (bicyclic) bond motifs is 1. The topological polar surface area (TPSA) is 34.6 Å². The third-order valence-electron chi connectivity index (χ3n) is 3.01. The Morgan fingerprint density at radius 3 is 2.94 bits per heavy atom. The van der Waals surface area contributed by atoms with Crippen molar-refractivity contribution >= 4 is 21.6 Å². The van der Waals surface area contributed by atoms with Crippen LogP contribution in [0.5, 0.6) is 5.19 Å². The first-order valence-electron chi connectivity index (χ1n) is 6.20. The molecular weight excluding hydrogens is 248 g/mol. The summed E-state index contributed by atoms with van der Waals surface area (Å²) in [6, 6.07) is 8.11. The van der Waals surface area contributed by atoms with E-state index >= 15 is 0 Å². The van der Waals surface area contributed by atoms with Crippen molar-refractivity contribution in [3.63, 3.8) is 0 Å². The van der Waals surface area contributed by atoms with E-state index in [-0.39, 0.29) is 0 Å². The summed E-state index contributed by atoms with van der Waals surface area (Å²) < 4.78 is 12.2. The molecule has 0 aliphatic carbocycles. The third-order valence-corrected chi connectivity index (χ3v) is 3.96. The molecule has 18 heavy (non-hydrogen) atoms. The van der Waals surface area contributed by atoms with Gasteiger partial charge in [0.05, 0.1) is 23.4 Å². The Morgan fingerprint density at radius 1 is 1.28 bits per heavy atom. The van der Waals surface area contributed by atoms with Crippen LogP contribution in [0.1, 0.15) is 0 Å². The minimum absolute atomic E-state index is 0.694. The van der Waals surface area contributed by atoms with E-state index in [1.807, 2.05) is 18.2 Å². The van der Waals surface area contributed by atoms with Gasteiger partial charge >= 0.3 is 0 Å². The highest BCUT2D eigenvalue weighted by molar-refractivity contribution is 7.20. The maximum Gasteiger partial charge on any atom is 0.274 e. The van der Waals surface area contributed by atoms with Gasteiger partial charge in [-0.3, -0.25) is 4.90 Å². The van der Waals surface area contributed by atoms with E-state index < -0.39 is 0 Å². The van der Waals surface area contributed by atoms with Gasteiger partial charge in [0.25, 0.3) is 5.19 Å². The Bertz CT molecular complexity index is 475. The molecule has 0 radical (unpaired) electrons. The molecule has 0 atom stereocenters. The highest BCUT2D eigenvalue weighted by atomic mass is 32.1. The molecule has 3 rings (SSSR count). The van der Waals surface area contributed by atoms with Crippen molar-refractivity contribution in [2.24, 2.45) is 0 Å². The largest absolute Gasteiger partial charge is 0.469 e. The van der Waals surface area contributed by atoms with Crippen molar-refractivity contribution in [3.05, 3.63) is 24.3 Å². The minimum atomic E-state index is 0.694. The first-order chi connectivity index (χ1) is 8.92. The molecule has 1 aromatic carbocycles. The van der Waals surface area contributed by atoms with Crippen LogP contribution in [0.3, 0.4) is 0 Å². The third kappa shape index (κ3) is 2.80. The summed E-state index contributed by atoms with van der Waals surface area (Å²) in [4.78, 5) is 6.81. The van der Waals surface area contributed by atoms with E-state index in [1.54, 1.807) is 11.3 Å². The van der Waals surface area contributed by atoms with Crippen molar-refractivity contribution in [1.82, 2.24) is 9.88 Å². The van der Waals surface area contributed by atoms with Crippen molar-refractivity contribution in [1.29, 1.82) is 0 Å². The van der Waals surface area contributed by atoms with Crippen LogP contribution >= 0.6 is 11.3 Å². The van der Waals surface area contributed by atoms with Crippen molar-refractivity contribution in [2.75, 3.05) is 39.5 Å². The molecule has 1 aromatic heterocycles. The van der Waals surface area contributed by atoms with Crippen LogP contribution < -0.4 is 4.74 Å². The second kappa shape index (κ2) is 5.65. The Hall–Kier alpha value is -1.17. The fourth-order valence-electron chi connectivity index (χ4n) is 2.00. The van der Waals surface area contributed by atoms with E-state index in [2.05, 4.69) is 16.0 Å². The monoisotopic (exact) mass is 264 g/mol. The van der Waals surface area contributed by atoms with Crippen LogP contribution in [0.4, 0.5) is 0 Å². The maximum atomic E-state index is 5.72.